The van der Waals surface area contributed by atoms with Gasteiger partial charge < -0.3 is 18.9 Å². The molecule has 2 aromatic carbocycles. The zero-order chi connectivity index (χ0) is 20.1. The molecule has 0 radical (unpaired) electrons. The molecular weight excluding hydrogens is 364 g/mol. The molecule has 0 bridgehead atoms. The first-order valence-corrected chi connectivity index (χ1v) is 10.2. The Labute approximate surface area is 172 Å². The third-order valence-corrected chi connectivity index (χ3v) is 5.09. The molecule has 2 aliphatic heterocycles. The highest BCUT2D eigenvalue weighted by atomic mass is 16.6. The normalized spacial score (nSPS) is 19.4. The summed E-state index contributed by atoms with van der Waals surface area (Å²) in [6, 6.07) is 12.7. The van der Waals surface area contributed by atoms with Crippen molar-refractivity contribution >= 4 is 0 Å². The Hall–Kier alpha value is -2.56. The maximum Gasteiger partial charge on any atom is 0.122 e. The zero-order valence-electron chi connectivity index (χ0n) is 16.8. The van der Waals surface area contributed by atoms with Gasteiger partial charge in [-0.1, -0.05) is 30.4 Å². The van der Waals surface area contributed by atoms with E-state index in [0.717, 1.165) is 49.5 Å². The van der Waals surface area contributed by atoms with E-state index in [4.69, 9.17) is 18.9 Å². The van der Waals surface area contributed by atoms with Crippen LogP contribution in [0.5, 0.6) is 11.5 Å². The van der Waals surface area contributed by atoms with Gasteiger partial charge in [-0.25, -0.2) is 0 Å². The molecule has 0 amide bonds. The summed E-state index contributed by atoms with van der Waals surface area (Å²) in [5.74, 6) is 1.81. The molecule has 2 aliphatic rings. The van der Waals surface area contributed by atoms with E-state index in [-0.39, 0.29) is 12.2 Å². The highest BCUT2D eigenvalue weighted by Crippen LogP contribution is 2.27. The van der Waals surface area contributed by atoms with Crippen molar-refractivity contribution in [2.45, 2.75) is 31.5 Å². The quantitative estimate of drug-likeness (QED) is 0.399. The van der Waals surface area contributed by atoms with Gasteiger partial charge in [-0.2, -0.15) is 0 Å². The van der Waals surface area contributed by atoms with Crippen LogP contribution in [-0.4, -0.2) is 38.6 Å². The Morgan fingerprint density at radius 1 is 0.828 bits per heavy atom. The number of benzene rings is 2. The van der Waals surface area contributed by atoms with Crippen molar-refractivity contribution in [3.05, 3.63) is 84.0 Å². The molecule has 2 heterocycles. The van der Waals surface area contributed by atoms with Crippen LogP contribution < -0.4 is 9.47 Å². The first-order chi connectivity index (χ1) is 14.2. The van der Waals surface area contributed by atoms with E-state index in [2.05, 4.69) is 43.5 Å². The molecule has 0 N–H and O–H groups in total. The average molecular weight is 392 g/mol. The number of rotatable bonds is 12. The van der Waals surface area contributed by atoms with Crippen LogP contribution in [0.3, 0.4) is 0 Å². The Kier molecular flexibility index (Phi) is 6.33. The van der Waals surface area contributed by atoms with Crippen molar-refractivity contribution < 1.29 is 18.9 Å². The molecule has 2 unspecified atom stereocenters. The number of ether oxygens (including phenoxy) is 4. The van der Waals surface area contributed by atoms with Crippen LogP contribution in [0.25, 0.3) is 0 Å². The van der Waals surface area contributed by atoms with Gasteiger partial charge in [0.15, 0.2) is 0 Å². The molecule has 0 aromatic heterocycles. The monoisotopic (exact) mass is 392 g/mol. The van der Waals surface area contributed by atoms with Crippen LogP contribution in [-0.2, 0) is 28.7 Å². The average Bonchev–Trinajstić information content (AvgIpc) is 3.63. The lowest BCUT2D eigenvalue weighted by Crippen LogP contribution is -2.06. The van der Waals surface area contributed by atoms with Crippen LogP contribution in [0.1, 0.15) is 22.3 Å². The predicted octanol–water partition coefficient (Wildman–Crippen LogP) is 4.29. The molecule has 0 spiro atoms. The highest BCUT2D eigenvalue weighted by Gasteiger charge is 2.24. The molecule has 2 atom stereocenters. The van der Waals surface area contributed by atoms with Crippen LogP contribution in [0.4, 0.5) is 0 Å². The molecule has 0 saturated carbocycles. The number of allylic oxidation sites excluding steroid dienone is 2. The van der Waals surface area contributed by atoms with Crippen LogP contribution in [0.15, 0.2) is 61.7 Å². The Morgan fingerprint density at radius 2 is 1.52 bits per heavy atom. The van der Waals surface area contributed by atoms with E-state index in [9.17, 15) is 0 Å². The van der Waals surface area contributed by atoms with Crippen molar-refractivity contribution in [2.75, 3.05) is 26.4 Å². The van der Waals surface area contributed by atoms with E-state index in [1.165, 1.54) is 16.7 Å². The van der Waals surface area contributed by atoms with E-state index >= 15 is 0 Å². The summed E-state index contributed by atoms with van der Waals surface area (Å²) in [4.78, 5) is 0. The zero-order valence-corrected chi connectivity index (χ0v) is 16.8. The summed E-state index contributed by atoms with van der Waals surface area (Å²) in [6.45, 7) is 10.6. The molecule has 4 heteroatoms. The lowest BCUT2D eigenvalue weighted by Gasteiger charge is -2.14. The second-order valence-electron chi connectivity index (χ2n) is 7.57. The summed E-state index contributed by atoms with van der Waals surface area (Å²) in [5, 5.41) is 0. The minimum atomic E-state index is 0.250. The summed E-state index contributed by atoms with van der Waals surface area (Å²) in [7, 11) is 0. The van der Waals surface area contributed by atoms with Gasteiger partial charge in [-0.15, -0.1) is 13.2 Å². The van der Waals surface area contributed by atoms with Gasteiger partial charge in [0.05, 0.1) is 13.2 Å². The Morgan fingerprint density at radius 3 is 2.21 bits per heavy atom. The molecule has 2 fully saturated rings. The molecule has 2 aromatic rings. The van der Waals surface area contributed by atoms with E-state index in [0.29, 0.717) is 13.2 Å². The predicted molar refractivity (Wildman–Crippen MR) is 114 cm³/mol. The van der Waals surface area contributed by atoms with Crippen molar-refractivity contribution in [1.82, 2.24) is 0 Å². The number of hydrogen-bond donors (Lipinski definition) is 0. The largest absolute Gasteiger partial charge is 0.491 e. The van der Waals surface area contributed by atoms with E-state index in [1.54, 1.807) is 0 Å². The van der Waals surface area contributed by atoms with Gasteiger partial charge in [-0.3, -0.25) is 0 Å². The smallest absolute Gasteiger partial charge is 0.122 e. The lowest BCUT2D eigenvalue weighted by atomic mass is 9.96. The third kappa shape index (κ3) is 5.72. The van der Waals surface area contributed by atoms with Crippen molar-refractivity contribution in [3.8, 4) is 11.5 Å². The van der Waals surface area contributed by atoms with E-state index in [1.807, 2.05) is 18.2 Å². The summed E-state index contributed by atoms with van der Waals surface area (Å²) in [6.07, 6.45) is 6.81. The molecule has 4 rings (SSSR count). The van der Waals surface area contributed by atoms with Gasteiger partial charge >= 0.3 is 0 Å². The molecule has 152 valence electrons. The van der Waals surface area contributed by atoms with Crippen molar-refractivity contribution in [3.63, 3.8) is 0 Å². The summed E-state index contributed by atoms with van der Waals surface area (Å²) >= 11 is 0. The number of epoxide rings is 2. The highest BCUT2D eigenvalue weighted by molar-refractivity contribution is 5.43. The molecule has 4 nitrogen and oxygen atoms in total. The minimum Gasteiger partial charge on any atom is -0.491 e. The fourth-order valence-corrected chi connectivity index (χ4v) is 3.33. The first kappa shape index (κ1) is 19.7. The third-order valence-electron chi connectivity index (χ3n) is 5.09. The maximum absolute atomic E-state index is 5.94. The van der Waals surface area contributed by atoms with Gasteiger partial charge in [0.1, 0.15) is 36.9 Å². The Bertz CT molecular complexity index is 865. The van der Waals surface area contributed by atoms with Gasteiger partial charge in [0, 0.05) is 0 Å². The van der Waals surface area contributed by atoms with Gasteiger partial charge in [0.25, 0.3) is 0 Å². The summed E-state index contributed by atoms with van der Waals surface area (Å²) in [5.41, 5.74) is 4.94. The molecule has 29 heavy (non-hydrogen) atoms. The SMILES string of the molecule is C=CCc1cc(OCC2CO2)ccc1Cc1ccc(OCC2CO2)c(CC=C)c1. The summed E-state index contributed by atoms with van der Waals surface area (Å²) < 4.78 is 22.2. The second kappa shape index (κ2) is 9.29. The molecular formula is C25H28O4. The van der Waals surface area contributed by atoms with Crippen LogP contribution >= 0.6 is 0 Å². The lowest BCUT2D eigenvalue weighted by molar-refractivity contribution is 0.261. The van der Waals surface area contributed by atoms with E-state index < -0.39 is 0 Å². The fraction of sp³-hybridized carbons (Fsp3) is 0.360. The van der Waals surface area contributed by atoms with Crippen LogP contribution in [0, 0.1) is 0 Å². The van der Waals surface area contributed by atoms with Crippen molar-refractivity contribution in [1.29, 1.82) is 0 Å². The fourth-order valence-electron chi connectivity index (χ4n) is 3.33. The van der Waals surface area contributed by atoms with Crippen LogP contribution in [0.2, 0.25) is 0 Å². The Balaban J connectivity index is 1.49. The minimum absolute atomic E-state index is 0.250. The van der Waals surface area contributed by atoms with Gasteiger partial charge in [0.2, 0.25) is 0 Å². The second-order valence-corrected chi connectivity index (χ2v) is 7.57. The van der Waals surface area contributed by atoms with Gasteiger partial charge in [-0.05, 0) is 59.7 Å². The number of hydrogen-bond acceptors (Lipinski definition) is 4. The molecule has 2 saturated heterocycles. The standard InChI is InChI=1S/C25H28O4/c1-3-5-19-13-22(26-14-23-15-27-23)9-8-20(19)11-18-7-10-25(21(12-18)6-4-2)29-17-24-16-28-24/h3-4,7-10,12-13,23-24H,1-2,5-6,11,14-17H2. The molecule has 0 aliphatic carbocycles. The first-order valence-electron chi connectivity index (χ1n) is 10.2. The topological polar surface area (TPSA) is 43.5 Å². The van der Waals surface area contributed by atoms with Crippen molar-refractivity contribution in [2.24, 2.45) is 0 Å². The maximum atomic E-state index is 5.94.